The molecular weight excluding hydrogens is 263 g/mol. The molecule has 1 amide bonds. The minimum Gasteiger partial charge on any atom is -0.389 e. The zero-order valence-corrected chi connectivity index (χ0v) is 10.7. The number of hydrogen-bond donors (Lipinski definition) is 2. The molecule has 2 aromatic carbocycles. The van der Waals surface area contributed by atoms with E-state index in [0.717, 1.165) is 5.56 Å². The van der Waals surface area contributed by atoms with Crippen molar-refractivity contribution in [2.45, 2.75) is 0 Å². The average molecular weight is 274 g/mol. The molecule has 5 heteroatoms. The van der Waals surface area contributed by atoms with E-state index in [1.54, 1.807) is 30.3 Å². The van der Waals surface area contributed by atoms with Crippen LogP contribution in [0.5, 0.6) is 0 Å². The number of anilines is 1. The van der Waals surface area contributed by atoms with Crippen LogP contribution in [-0.2, 0) is 0 Å². The molecule has 0 bridgehead atoms. The summed E-state index contributed by atoms with van der Waals surface area (Å²) in [7, 11) is 0. The second kappa shape index (κ2) is 5.58. The Balaban J connectivity index is 2.13. The Bertz CT molecular complexity index is 626. The molecule has 0 fully saturated rings. The highest BCUT2D eigenvalue weighted by Crippen LogP contribution is 2.12. The van der Waals surface area contributed by atoms with Crippen molar-refractivity contribution < 1.29 is 9.18 Å². The lowest BCUT2D eigenvalue weighted by molar-refractivity contribution is 0.102. The van der Waals surface area contributed by atoms with Crippen LogP contribution in [0.25, 0.3) is 0 Å². The summed E-state index contributed by atoms with van der Waals surface area (Å²) in [5.74, 6) is -0.820. The van der Waals surface area contributed by atoms with Crippen LogP contribution in [0.1, 0.15) is 15.9 Å². The smallest absolute Gasteiger partial charge is 0.255 e. The van der Waals surface area contributed by atoms with Crippen LogP contribution in [0, 0.1) is 5.82 Å². The number of rotatable bonds is 3. The van der Waals surface area contributed by atoms with Crippen molar-refractivity contribution in [2.75, 3.05) is 5.32 Å². The number of carbonyl (C=O) groups is 1. The Morgan fingerprint density at radius 2 is 1.79 bits per heavy atom. The first-order valence-electron chi connectivity index (χ1n) is 5.53. The Morgan fingerprint density at radius 3 is 2.37 bits per heavy atom. The summed E-state index contributed by atoms with van der Waals surface area (Å²) in [6.45, 7) is 0. The van der Waals surface area contributed by atoms with Gasteiger partial charge in [-0.05, 0) is 42.5 Å². The van der Waals surface area contributed by atoms with Gasteiger partial charge in [-0.15, -0.1) is 0 Å². The number of halogens is 1. The van der Waals surface area contributed by atoms with E-state index in [1.165, 1.54) is 18.2 Å². The number of benzene rings is 2. The predicted octanol–water partition coefficient (Wildman–Crippen LogP) is 2.71. The molecular formula is C14H11FN2OS. The van der Waals surface area contributed by atoms with Crippen molar-refractivity contribution in [3.8, 4) is 0 Å². The summed E-state index contributed by atoms with van der Waals surface area (Å²) in [5, 5.41) is 2.66. The van der Waals surface area contributed by atoms with E-state index in [-0.39, 0.29) is 11.5 Å². The van der Waals surface area contributed by atoms with Gasteiger partial charge in [0.2, 0.25) is 0 Å². The second-order valence-electron chi connectivity index (χ2n) is 3.91. The van der Waals surface area contributed by atoms with Gasteiger partial charge in [-0.2, -0.15) is 0 Å². The van der Waals surface area contributed by atoms with Gasteiger partial charge >= 0.3 is 0 Å². The first-order chi connectivity index (χ1) is 9.06. The highest BCUT2D eigenvalue weighted by atomic mass is 32.1. The summed E-state index contributed by atoms with van der Waals surface area (Å²) in [6.07, 6.45) is 0. The van der Waals surface area contributed by atoms with Crippen LogP contribution >= 0.6 is 12.2 Å². The van der Waals surface area contributed by atoms with E-state index in [0.29, 0.717) is 10.7 Å². The fourth-order valence-electron chi connectivity index (χ4n) is 1.55. The molecule has 0 aliphatic heterocycles. The predicted molar refractivity (Wildman–Crippen MR) is 76.7 cm³/mol. The van der Waals surface area contributed by atoms with E-state index in [9.17, 15) is 9.18 Å². The molecule has 2 rings (SSSR count). The van der Waals surface area contributed by atoms with Gasteiger partial charge in [0, 0.05) is 16.8 Å². The number of nitrogens with two attached hydrogens (primary N) is 1. The number of amides is 1. The van der Waals surface area contributed by atoms with Gasteiger partial charge in [0.15, 0.2) is 0 Å². The molecule has 2 aromatic rings. The number of hydrogen-bond acceptors (Lipinski definition) is 2. The van der Waals surface area contributed by atoms with Crippen molar-refractivity contribution in [1.29, 1.82) is 0 Å². The average Bonchev–Trinajstić information content (AvgIpc) is 2.39. The third-order valence-electron chi connectivity index (χ3n) is 2.51. The Morgan fingerprint density at radius 1 is 1.11 bits per heavy atom. The monoisotopic (exact) mass is 274 g/mol. The molecule has 0 aromatic heterocycles. The maximum absolute atomic E-state index is 13.0. The largest absolute Gasteiger partial charge is 0.389 e. The van der Waals surface area contributed by atoms with Gasteiger partial charge in [-0.25, -0.2) is 4.39 Å². The fraction of sp³-hybridized carbons (Fsp3) is 0. The molecule has 0 atom stereocenters. The summed E-state index contributed by atoms with van der Waals surface area (Å²) >= 11 is 4.83. The van der Waals surface area contributed by atoms with Crippen LogP contribution in [-0.4, -0.2) is 10.9 Å². The molecule has 3 N–H and O–H groups in total. The van der Waals surface area contributed by atoms with Crippen LogP contribution < -0.4 is 11.1 Å². The molecule has 0 aliphatic carbocycles. The van der Waals surface area contributed by atoms with Crippen molar-refractivity contribution in [3.63, 3.8) is 0 Å². The maximum atomic E-state index is 13.0. The summed E-state index contributed by atoms with van der Waals surface area (Å²) in [6, 6.07) is 12.3. The lowest BCUT2D eigenvalue weighted by Crippen LogP contribution is -2.13. The Labute approximate surface area is 115 Å². The Kier molecular flexibility index (Phi) is 3.87. The van der Waals surface area contributed by atoms with Gasteiger partial charge in [0.25, 0.3) is 5.91 Å². The third-order valence-corrected chi connectivity index (χ3v) is 2.75. The molecule has 0 radical (unpaired) electrons. The minimum atomic E-state index is -0.448. The van der Waals surface area contributed by atoms with E-state index in [1.807, 2.05) is 0 Å². The maximum Gasteiger partial charge on any atom is 0.255 e. The SMILES string of the molecule is NC(=S)c1ccc(NC(=O)c2cccc(F)c2)cc1. The van der Waals surface area contributed by atoms with E-state index >= 15 is 0 Å². The van der Waals surface area contributed by atoms with Crippen molar-refractivity contribution in [2.24, 2.45) is 5.73 Å². The van der Waals surface area contributed by atoms with Gasteiger partial charge in [0.1, 0.15) is 10.8 Å². The summed E-state index contributed by atoms with van der Waals surface area (Å²) < 4.78 is 13.0. The Hall–Kier alpha value is -2.27. The topological polar surface area (TPSA) is 55.1 Å². The molecule has 0 heterocycles. The highest BCUT2D eigenvalue weighted by molar-refractivity contribution is 7.80. The molecule has 0 unspecified atom stereocenters. The number of nitrogens with one attached hydrogen (secondary N) is 1. The van der Waals surface area contributed by atoms with E-state index in [2.05, 4.69) is 5.32 Å². The third kappa shape index (κ3) is 3.35. The van der Waals surface area contributed by atoms with Crippen molar-refractivity contribution in [1.82, 2.24) is 0 Å². The lowest BCUT2D eigenvalue weighted by Gasteiger charge is -2.06. The first-order valence-corrected chi connectivity index (χ1v) is 5.94. The number of thiocarbonyl (C=S) groups is 1. The van der Waals surface area contributed by atoms with Crippen LogP contribution in [0.15, 0.2) is 48.5 Å². The van der Waals surface area contributed by atoms with Crippen LogP contribution in [0.2, 0.25) is 0 Å². The molecule has 19 heavy (non-hydrogen) atoms. The summed E-state index contributed by atoms with van der Waals surface area (Å²) in [4.78, 5) is 12.2. The van der Waals surface area contributed by atoms with Gasteiger partial charge < -0.3 is 11.1 Å². The van der Waals surface area contributed by atoms with Gasteiger partial charge in [0.05, 0.1) is 0 Å². The zero-order valence-electron chi connectivity index (χ0n) is 9.89. The quantitative estimate of drug-likeness (QED) is 0.846. The lowest BCUT2D eigenvalue weighted by atomic mass is 10.2. The zero-order chi connectivity index (χ0) is 13.8. The van der Waals surface area contributed by atoms with E-state index < -0.39 is 5.82 Å². The normalized spacial score (nSPS) is 9.95. The minimum absolute atomic E-state index is 0.262. The van der Waals surface area contributed by atoms with E-state index in [4.69, 9.17) is 18.0 Å². The first kappa shape index (κ1) is 13.2. The van der Waals surface area contributed by atoms with Gasteiger partial charge in [-0.1, -0.05) is 18.3 Å². The molecule has 0 aliphatic rings. The fourth-order valence-corrected chi connectivity index (χ4v) is 1.69. The molecule has 3 nitrogen and oxygen atoms in total. The van der Waals surface area contributed by atoms with Crippen molar-refractivity contribution >= 4 is 28.8 Å². The number of carbonyl (C=O) groups excluding carboxylic acids is 1. The molecule has 96 valence electrons. The van der Waals surface area contributed by atoms with Crippen molar-refractivity contribution in [3.05, 3.63) is 65.5 Å². The molecule has 0 saturated carbocycles. The standard InChI is InChI=1S/C14H11FN2OS/c15-11-3-1-2-10(8-11)14(18)17-12-6-4-9(5-7-12)13(16)19/h1-8H,(H2,16,19)(H,17,18). The molecule has 0 spiro atoms. The highest BCUT2D eigenvalue weighted by Gasteiger charge is 2.07. The van der Waals surface area contributed by atoms with Gasteiger partial charge in [-0.3, -0.25) is 4.79 Å². The summed E-state index contributed by atoms with van der Waals surface area (Å²) in [5.41, 5.74) is 7.05. The second-order valence-corrected chi connectivity index (χ2v) is 4.35. The molecule has 0 saturated heterocycles. The van der Waals surface area contributed by atoms with Crippen LogP contribution in [0.4, 0.5) is 10.1 Å². The van der Waals surface area contributed by atoms with Crippen LogP contribution in [0.3, 0.4) is 0 Å².